The Morgan fingerprint density at radius 1 is 0.917 bits per heavy atom. The fourth-order valence-corrected chi connectivity index (χ4v) is 10.8. The summed E-state index contributed by atoms with van der Waals surface area (Å²) in [4.78, 5) is 0. The van der Waals surface area contributed by atoms with Crippen LogP contribution in [0.2, 0.25) is 0 Å². The summed E-state index contributed by atoms with van der Waals surface area (Å²) in [7, 11) is 0. The number of hydrogen-bond acceptors (Lipinski definition) is 2. The molecule has 0 unspecified atom stereocenters. The fraction of sp³-hybridized carbons (Fsp3) is 0.650. The summed E-state index contributed by atoms with van der Waals surface area (Å²) in [6.45, 7) is 6.91. The van der Waals surface area contributed by atoms with Gasteiger partial charge in [-0.25, -0.2) is 0 Å². The van der Waals surface area contributed by atoms with Crippen molar-refractivity contribution in [3.63, 3.8) is 0 Å². The van der Waals surface area contributed by atoms with Crippen molar-refractivity contribution in [1.82, 2.24) is 0 Å². The maximum absolute atomic E-state index is 4.52. The van der Waals surface area contributed by atoms with Crippen LogP contribution in [0.5, 0.6) is 0 Å². The average molecular weight is 415 g/mol. The Morgan fingerprint density at radius 3 is 1.88 bits per heavy atom. The molecule has 24 heavy (non-hydrogen) atoms. The summed E-state index contributed by atoms with van der Waals surface area (Å²) in [5.74, 6) is 0. The molecule has 0 aliphatic carbocycles. The standard InChI is InChI=1S/C20H36BrN2P/c1-4-7-16-24(21,17-8-5-2,18-9-6-3)19-15-22-23-20-13-11-10-12-14-20/h10-15,23H,4-9,16-19H2,1-3H3. The van der Waals surface area contributed by atoms with E-state index in [1.54, 1.807) is 0 Å². The summed E-state index contributed by atoms with van der Waals surface area (Å²) < 4.78 is 0. The minimum absolute atomic E-state index is 1.05. The van der Waals surface area contributed by atoms with E-state index in [2.05, 4.69) is 65.1 Å². The van der Waals surface area contributed by atoms with Gasteiger partial charge in [-0.15, -0.1) is 0 Å². The van der Waals surface area contributed by atoms with Gasteiger partial charge in [0.25, 0.3) is 0 Å². The van der Waals surface area contributed by atoms with Crippen LogP contribution in [0.15, 0.2) is 35.4 Å². The van der Waals surface area contributed by atoms with Crippen LogP contribution in [-0.4, -0.2) is 30.9 Å². The molecular weight excluding hydrogens is 379 g/mol. The Balaban J connectivity index is 2.80. The van der Waals surface area contributed by atoms with Gasteiger partial charge in [0.2, 0.25) is 0 Å². The number of nitrogens with one attached hydrogen (secondary N) is 1. The molecule has 0 aliphatic rings. The molecule has 1 rings (SSSR count). The quantitative estimate of drug-likeness (QED) is 0.203. The molecular formula is C20H36BrN2P. The first-order valence-corrected chi connectivity index (χ1v) is 14.6. The monoisotopic (exact) mass is 414 g/mol. The third-order valence-corrected chi connectivity index (χ3v) is 14.2. The van der Waals surface area contributed by atoms with Crippen molar-refractivity contribution in [3.05, 3.63) is 30.3 Å². The van der Waals surface area contributed by atoms with Gasteiger partial charge in [0.05, 0.1) is 0 Å². The molecule has 0 saturated heterocycles. The zero-order chi connectivity index (χ0) is 17.8. The van der Waals surface area contributed by atoms with Crippen LogP contribution >= 0.6 is 20.8 Å². The predicted octanol–water partition coefficient (Wildman–Crippen LogP) is 7.35. The third-order valence-electron chi connectivity index (χ3n) is 4.81. The summed E-state index contributed by atoms with van der Waals surface area (Å²) in [5.41, 5.74) is 4.23. The number of nitrogens with zero attached hydrogens (tertiary/aromatic N) is 1. The molecule has 0 bridgehead atoms. The molecule has 0 amide bonds. The van der Waals surface area contributed by atoms with E-state index >= 15 is 0 Å². The first kappa shape index (κ1) is 21.6. The van der Waals surface area contributed by atoms with Gasteiger partial charge in [0.1, 0.15) is 0 Å². The first-order chi connectivity index (χ1) is 11.6. The number of benzene rings is 1. The second-order valence-electron chi connectivity index (χ2n) is 7.02. The summed E-state index contributed by atoms with van der Waals surface area (Å²) in [6.07, 6.45) is 15.2. The summed E-state index contributed by atoms with van der Waals surface area (Å²) in [6, 6.07) is 10.2. The first-order valence-electron chi connectivity index (χ1n) is 9.61. The minimum atomic E-state index is -1.86. The van der Waals surface area contributed by atoms with E-state index in [1.165, 1.54) is 57.0 Å². The molecule has 0 aliphatic heterocycles. The van der Waals surface area contributed by atoms with Gasteiger partial charge in [0, 0.05) is 0 Å². The Hall–Kier alpha value is -0.400. The molecule has 2 nitrogen and oxygen atoms in total. The number of para-hydroxylation sites is 1. The van der Waals surface area contributed by atoms with Crippen molar-refractivity contribution >= 4 is 32.7 Å². The van der Waals surface area contributed by atoms with Crippen molar-refractivity contribution < 1.29 is 0 Å². The summed E-state index contributed by atoms with van der Waals surface area (Å²) >= 11 is 4.39. The Labute approximate surface area is 157 Å². The van der Waals surface area contributed by atoms with Gasteiger partial charge in [-0.05, 0) is 0 Å². The molecule has 0 heterocycles. The van der Waals surface area contributed by atoms with E-state index in [1.807, 2.05) is 18.2 Å². The van der Waals surface area contributed by atoms with Crippen LogP contribution in [-0.2, 0) is 0 Å². The van der Waals surface area contributed by atoms with E-state index < -0.39 is 5.31 Å². The number of halogens is 1. The van der Waals surface area contributed by atoms with Crippen LogP contribution in [0.25, 0.3) is 0 Å². The Bertz CT molecular complexity index is 451. The SMILES string of the molecule is CCCCP(Br)(CC=NNc1ccccc1)(CCCC)CCCC. The zero-order valence-electron chi connectivity index (χ0n) is 15.8. The third kappa shape index (κ3) is 7.66. The van der Waals surface area contributed by atoms with Gasteiger partial charge in [0.15, 0.2) is 0 Å². The van der Waals surface area contributed by atoms with Gasteiger partial charge < -0.3 is 0 Å². The number of hydrazone groups is 1. The van der Waals surface area contributed by atoms with Gasteiger partial charge in [-0.1, -0.05) is 0 Å². The molecule has 0 radical (unpaired) electrons. The maximum atomic E-state index is 4.52. The van der Waals surface area contributed by atoms with Crippen molar-refractivity contribution in [3.8, 4) is 0 Å². The summed E-state index contributed by atoms with van der Waals surface area (Å²) in [5, 5.41) is 2.66. The molecule has 0 fully saturated rings. The molecule has 1 N–H and O–H groups in total. The van der Waals surface area contributed by atoms with E-state index in [0.29, 0.717) is 0 Å². The van der Waals surface area contributed by atoms with E-state index in [-0.39, 0.29) is 0 Å². The van der Waals surface area contributed by atoms with Crippen LogP contribution in [0.1, 0.15) is 59.3 Å². The van der Waals surface area contributed by atoms with E-state index in [4.69, 9.17) is 0 Å². The van der Waals surface area contributed by atoms with Crippen molar-refractivity contribution in [1.29, 1.82) is 0 Å². The second-order valence-corrected chi connectivity index (χ2v) is 18.4. The van der Waals surface area contributed by atoms with Gasteiger partial charge >= 0.3 is 157 Å². The van der Waals surface area contributed by atoms with Crippen LogP contribution in [0, 0.1) is 0 Å². The molecule has 1 aromatic rings. The second kappa shape index (κ2) is 11.3. The average Bonchev–Trinajstić information content (AvgIpc) is 2.62. The molecule has 0 saturated carbocycles. The number of rotatable bonds is 13. The van der Waals surface area contributed by atoms with Crippen LogP contribution < -0.4 is 5.43 Å². The van der Waals surface area contributed by atoms with Crippen molar-refractivity contribution in [2.45, 2.75) is 59.3 Å². The molecule has 4 heteroatoms. The van der Waals surface area contributed by atoms with E-state index in [9.17, 15) is 0 Å². The van der Waals surface area contributed by atoms with Crippen LogP contribution in [0.4, 0.5) is 5.69 Å². The van der Waals surface area contributed by atoms with Crippen LogP contribution in [0.3, 0.4) is 0 Å². The molecule has 138 valence electrons. The molecule has 0 atom stereocenters. The number of unbranched alkanes of at least 4 members (excludes halogenated alkanes) is 3. The normalized spacial score (nSPS) is 13.8. The molecule has 0 spiro atoms. The number of anilines is 1. The predicted molar refractivity (Wildman–Crippen MR) is 119 cm³/mol. The molecule has 0 aromatic heterocycles. The Morgan fingerprint density at radius 2 is 1.42 bits per heavy atom. The van der Waals surface area contributed by atoms with E-state index in [0.717, 1.165) is 11.8 Å². The fourth-order valence-electron chi connectivity index (χ4n) is 3.15. The van der Waals surface area contributed by atoms with Gasteiger partial charge in [-0.3, -0.25) is 0 Å². The Kier molecular flexibility index (Phi) is 10.2. The van der Waals surface area contributed by atoms with Gasteiger partial charge in [-0.2, -0.15) is 0 Å². The zero-order valence-corrected chi connectivity index (χ0v) is 18.3. The topological polar surface area (TPSA) is 24.4 Å². The van der Waals surface area contributed by atoms with Crippen molar-refractivity contribution in [2.75, 3.05) is 30.1 Å². The molecule has 1 aromatic carbocycles. The number of hydrogen-bond donors (Lipinski definition) is 1. The van der Waals surface area contributed by atoms with Crippen molar-refractivity contribution in [2.24, 2.45) is 5.10 Å².